The molecule has 0 radical (unpaired) electrons. The number of pyridine rings is 1. The molecule has 0 aliphatic carbocycles. The first-order chi connectivity index (χ1) is 27.3. The third-order valence-corrected chi connectivity index (χ3v) is 13.0. The Hall–Kier alpha value is -4.47. The first kappa shape index (κ1) is 43.1. The van der Waals surface area contributed by atoms with Crippen molar-refractivity contribution in [3.8, 4) is 11.8 Å². The highest BCUT2D eigenvalue weighted by Crippen LogP contribution is 2.66. The molecule has 20 nitrogen and oxygen atoms in total. The van der Waals surface area contributed by atoms with Crippen LogP contribution >= 0.6 is 23.5 Å². The van der Waals surface area contributed by atoms with Gasteiger partial charge in [0.25, 0.3) is 0 Å². The summed E-state index contributed by atoms with van der Waals surface area (Å²) in [7, 11) is -8.48. The molecule has 2 unspecified atom stereocenters. The molecule has 1 fully saturated rings. The van der Waals surface area contributed by atoms with Gasteiger partial charge in [0, 0.05) is 81.5 Å². The number of rotatable bonds is 15. The summed E-state index contributed by atoms with van der Waals surface area (Å²) >= 11 is 0. The first-order valence-corrected chi connectivity index (χ1v) is 22.4. The van der Waals surface area contributed by atoms with E-state index in [1.807, 2.05) is 28.2 Å². The third-order valence-electron chi connectivity index (χ3n) is 9.21. The molecule has 0 spiro atoms. The van der Waals surface area contributed by atoms with Crippen LogP contribution in [0, 0.1) is 11.8 Å². The molecule has 4 atom stereocenters. The number of nitrogens with one attached hydrogen (secondary N) is 1. The number of amides is 1. The summed E-state index contributed by atoms with van der Waals surface area (Å²) in [6.45, 7) is 0.0845. The lowest BCUT2D eigenvalue weighted by molar-refractivity contribution is -0.645. The summed E-state index contributed by atoms with van der Waals surface area (Å²) < 4.78 is 56.8. The van der Waals surface area contributed by atoms with Crippen LogP contribution < -0.4 is 25.4 Å². The Labute approximate surface area is 333 Å². The van der Waals surface area contributed by atoms with Crippen molar-refractivity contribution in [2.45, 2.75) is 44.6 Å². The van der Waals surface area contributed by atoms with Gasteiger partial charge in [-0.1, -0.05) is 11.8 Å². The molecule has 7 N–H and O–H groups in total. The summed E-state index contributed by atoms with van der Waals surface area (Å²) in [4.78, 5) is 62.2. The van der Waals surface area contributed by atoms with Crippen molar-refractivity contribution < 1.29 is 60.5 Å². The van der Waals surface area contributed by atoms with Gasteiger partial charge in [0.15, 0.2) is 0 Å². The van der Waals surface area contributed by atoms with Crippen LogP contribution in [-0.4, -0.2) is 87.5 Å². The standard InChI is InChI=1S/C35H43N8O12P3/c1-40(2)26-11-9-23-17-24-10-12-27(41(3)4)19-30(24)42(29(23)18-26)16-6-8-31(44)37-15-5-7-25-20-43(35-33(25)34(36)38-22-39-35)32-14-13-28(53-32)21-52-57(48,49)55-58(50,51)54-56(45,46)47/h9-12,17-20,22,28,32H,6,8,13-16,21H2,1-4H3,(H6-,36,37,38,39,44,45,46,47,48,49,50,51)/p+1/t28-,32+/m0/s1. The monoisotopic (exact) mass is 861 g/mol. The maximum Gasteiger partial charge on any atom is 0.490 e. The number of nitrogen functional groups attached to an aromatic ring is 1. The number of hydrogen-bond acceptors (Lipinski definition) is 13. The fourth-order valence-corrected chi connectivity index (χ4v) is 9.61. The second kappa shape index (κ2) is 17.4. The molecule has 4 heterocycles. The molecule has 6 rings (SSSR count). The number of hydrogen-bond donors (Lipinski definition) is 6. The number of phosphoric ester groups is 1. The highest BCUT2D eigenvalue weighted by atomic mass is 31.3. The second-order valence-electron chi connectivity index (χ2n) is 13.8. The number of ether oxygens (including phenoxy) is 1. The van der Waals surface area contributed by atoms with Crippen LogP contribution in [0.25, 0.3) is 32.8 Å². The van der Waals surface area contributed by atoms with Gasteiger partial charge in [0.05, 0.1) is 30.2 Å². The largest absolute Gasteiger partial charge is 0.490 e. The van der Waals surface area contributed by atoms with Gasteiger partial charge in [0.2, 0.25) is 16.9 Å². The molecule has 1 amide bonds. The molecule has 5 aromatic rings. The molecule has 2 aromatic carbocycles. The lowest BCUT2D eigenvalue weighted by Gasteiger charge is -2.19. The fourth-order valence-electron chi connectivity index (χ4n) is 6.56. The average Bonchev–Trinajstić information content (AvgIpc) is 3.76. The molecular formula is C35H44N8O12P3+. The number of aryl methyl sites for hydroxylation is 1. The number of phosphoric acid groups is 3. The number of anilines is 3. The van der Waals surface area contributed by atoms with Gasteiger partial charge in [-0.05, 0) is 43.2 Å². The van der Waals surface area contributed by atoms with Crippen molar-refractivity contribution in [2.24, 2.45) is 0 Å². The topological polar surface area (TPSA) is 265 Å². The van der Waals surface area contributed by atoms with Crippen LogP contribution in [0.4, 0.5) is 17.2 Å². The fraction of sp³-hybridized carbons (Fsp3) is 0.371. The van der Waals surface area contributed by atoms with E-state index in [1.165, 1.54) is 6.33 Å². The molecular weight excluding hydrogens is 817 g/mol. The maximum atomic E-state index is 13.0. The Kier molecular flexibility index (Phi) is 12.9. The van der Waals surface area contributed by atoms with Gasteiger partial charge in [-0.25, -0.2) is 23.7 Å². The first-order valence-electron chi connectivity index (χ1n) is 17.8. The van der Waals surface area contributed by atoms with Crippen LogP contribution in [0.2, 0.25) is 0 Å². The van der Waals surface area contributed by atoms with Gasteiger partial charge in [0.1, 0.15) is 30.6 Å². The Morgan fingerprint density at radius 1 is 0.966 bits per heavy atom. The van der Waals surface area contributed by atoms with Gasteiger partial charge in [-0.15, -0.1) is 0 Å². The highest BCUT2D eigenvalue weighted by molar-refractivity contribution is 7.66. The molecule has 0 saturated carbocycles. The van der Waals surface area contributed by atoms with E-state index in [0.29, 0.717) is 42.4 Å². The molecule has 1 aliphatic heterocycles. The van der Waals surface area contributed by atoms with Crippen molar-refractivity contribution >= 4 is 79.4 Å². The Balaban J connectivity index is 1.08. The van der Waals surface area contributed by atoms with Crippen LogP contribution in [0.15, 0.2) is 55.0 Å². The second-order valence-corrected chi connectivity index (χ2v) is 18.3. The minimum absolute atomic E-state index is 0.0600. The zero-order valence-electron chi connectivity index (χ0n) is 32.0. The minimum atomic E-state index is -5.66. The predicted molar refractivity (Wildman–Crippen MR) is 214 cm³/mol. The highest BCUT2D eigenvalue weighted by Gasteiger charge is 2.41. The Bertz CT molecular complexity index is 2500. The lowest BCUT2D eigenvalue weighted by Crippen LogP contribution is -2.37. The zero-order chi connectivity index (χ0) is 42.0. The molecule has 58 heavy (non-hydrogen) atoms. The van der Waals surface area contributed by atoms with Gasteiger partial charge < -0.3 is 49.7 Å². The number of carbonyl (C=O) groups excluding carboxylic acids is 1. The summed E-state index contributed by atoms with van der Waals surface area (Å²) in [5, 5.41) is 5.53. The molecule has 23 heteroatoms. The van der Waals surface area contributed by atoms with E-state index in [1.54, 1.807) is 10.8 Å². The molecule has 3 aromatic heterocycles. The van der Waals surface area contributed by atoms with Gasteiger partial charge in [-0.2, -0.15) is 13.2 Å². The molecule has 310 valence electrons. The van der Waals surface area contributed by atoms with E-state index >= 15 is 0 Å². The van der Waals surface area contributed by atoms with E-state index in [4.69, 9.17) is 24.8 Å². The number of carbonyl (C=O) groups is 1. The van der Waals surface area contributed by atoms with Crippen LogP contribution in [0.1, 0.15) is 37.5 Å². The van der Waals surface area contributed by atoms with Crippen molar-refractivity contribution in [3.63, 3.8) is 0 Å². The number of benzene rings is 2. The van der Waals surface area contributed by atoms with E-state index in [-0.39, 0.29) is 24.7 Å². The third kappa shape index (κ3) is 10.6. The Morgan fingerprint density at radius 2 is 1.62 bits per heavy atom. The summed E-state index contributed by atoms with van der Waals surface area (Å²) in [5.41, 5.74) is 11.4. The van der Waals surface area contributed by atoms with Crippen LogP contribution in [0.5, 0.6) is 0 Å². The number of nitrogens with two attached hydrogens (primary N) is 1. The predicted octanol–water partition coefficient (Wildman–Crippen LogP) is 3.71. The van der Waals surface area contributed by atoms with Crippen molar-refractivity contribution in [3.05, 3.63) is 60.6 Å². The summed E-state index contributed by atoms with van der Waals surface area (Å²) in [5.74, 6) is 6.00. The van der Waals surface area contributed by atoms with E-state index in [9.17, 15) is 28.3 Å². The number of aromatic nitrogens is 4. The lowest BCUT2D eigenvalue weighted by atomic mass is 10.1. The normalized spacial score (nSPS) is 17.8. The quantitative estimate of drug-likeness (QED) is 0.0379. The molecule has 0 bridgehead atoms. The SMILES string of the molecule is CN(C)c1ccc2cc3ccc(N(C)C)cc3[n+](CCCC(=O)NCC#Cc3cn([C@H]4CC[C@@H](COP(=O)(O)OP(=O)(O)OP(=O)(O)O)O4)c4ncnc(N)c34)c2c1. The summed E-state index contributed by atoms with van der Waals surface area (Å²) in [6, 6.07) is 14.9. The number of nitrogens with zero attached hydrogens (tertiary/aromatic N) is 6. The summed E-state index contributed by atoms with van der Waals surface area (Å²) in [6.07, 6.45) is 3.00. The van der Waals surface area contributed by atoms with Gasteiger partial charge in [-0.3, -0.25) is 9.32 Å². The van der Waals surface area contributed by atoms with E-state index in [0.717, 1.165) is 33.2 Å². The smallest absolute Gasteiger partial charge is 0.383 e. The van der Waals surface area contributed by atoms with Crippen molar-refractivity contribution in [2.75, 3.05) is 56.9 Å². The number of fused-ring (bicyclic) bond motifs is 3. The van der Waals surface area contributed by atoms with Crippen molar-refractivity contribution in [1.29, 1.82) is 0 Å². The zero-order valence-corrected chi connectivity index (χ0v) is 34.6. The van der Waals surface area contributed by atoms with Crippen LogP contribution in [0.3, 0.4) is 0 Å². The van der Waals surface area contributed by atoms with Crippen LogP contribution in [-0.2, 0) is 42.9 Å². The molecule has 1 saturated heterocycles. The van der Waals surface area contributed by atoms with E-state index in [2.05, 4.69) is 92.6 Å². The average molecular weight is 862 g/mol. The molecule has 1 aliphatic rings. The minimum Gasteiger partial charge on any atom is -0.383 e. The van der Waals surface area contributed by atoms with Crippen molar-refractivity contribution in [1.82, 2.24) is 19.9 Å². The van der Waals surface area contributed by atoms with E-state index < -0.39 is 42.4 Å². The van der Waals surface area contributed by atoms with Gasteiger partial charge >= 0.3 is 23.5 Å². The Morgan fingerprint density at radius 3 is 2.24 bits per heavy atom. The maximum absolute atomic E-state index is 13.0.